The second-order valence-corrected chi connectivity index (χ2v) is 9.52. The van der Waals surface area contributed by atoms with Gasteiger partial charge in [0.1, 0.15) is 12.4 Å². The third kappa shape index (κ3) is 4.69. The number of benzene rings is 2. The quantitative estimate of drug-likeness (QED) is 0.307. The Bertz CT molecular complexity index is 1630. The van der Waals surface area contributed by atoms with Crippen LogP contribution >= 0.6 is 0 Å². The third-order valence-corrected chi connectivity index (χ3v) is 6.89. The number of para-hydroxylation sites is 1. The molecule has 6 rings (SSSR count). The van der Waals surface area contributed by atoms with E-state index in [1.807, 2.05) is 42.2 Å². The van der Waals surface area contributed by atoms with E-state index in [1.165, 1.54) is 6.07 Å². The predicted molar refractivity (Wildman–Crippen MR) is 145 cm³/mol. The van der Waals surface area contributed by atoms with Crippen LogP contribution in [0, 0.1) is 12.7 Å². The van der Waals surface area contributed by atoms with Crippen molar-refractivity contribution in [2.75, 3.05) is 18.0 Å². The van der Waals surface area contributed by atoms with Crippen molar-refractivity contribution in [1.29, 1.82) is 0 Å². The highest BCUT2D eigenvalue weighted by Gasteiger charge is 2.25. The van der Waals surface area contributed by atoms with Crippen LogP contribution in [0.15, 0.2) is 60.7 Å². The fourth-order valence-corrected chi connectivity index (χ4v) is 4.90. The first kappa shape index (κ1) is 24.6. The lowest BCUT2D eigenvalue weighted by molar-refractivity contribution is 0.290. The van der Waals surface area contributed by atoms with E-state index in [4.69, 9.17) is 9.72 Å². The smallest absolute Gasteiger partial charge is 0.242 e. The summed E-state index contributed by atoms with van der Waals surface area (Å²) in [4.78, 5) is 15.3. The van der Waals surface area contributed by atoms with Gasteiger partial charge in [0.25, 0.3) is 0 Å². The molecular formula is C29H27FN6O3. The van der Waals surface area contributed by atoms with Gasteiger partial charge in [0, 0.05) is 24.0 Å². The zero-order valence-electron chi connectivity index (χ0n) is 21.4. The van der Waals surface area contributed by atoms with Gasteiger partial charge in [0.2, 0.25) is 17.6 Å². The Balaban J connectivity index is 1.48. The number of aromatic hydroxyl groups is 2. The maximum atomic E-state index is 14.4. The molecule has 39 heavy (non-hydrogen) atoms. The second-order valence-electron chi connectivity index (χ2n) is 9.52. The summed E-state index contributed by atoms with van der Waals surface area (Å²) in [5, 5.41) is 27.1. The first-order valence-corrected chi connectivity index (χ1v) is 12.9. The summed E-state index contributed by atoms with van der Waals surface area (Å²) >= 11 is 0. The number of halogens is 1. The van der Waals surface area contributed by atoms with Gasteiger partial charge in [-0.3, -0.25) is 0 Å². The van der Waals surface area contributed by atoms with E-state index in [0.29, 0.717) is 35.6 Å². The third-order valence-electron chi connectivity index (χ3n) is 6.89. The minimum absolute atomic E-state index is 0.0376. The number of aromatic nitrogens is 5. The van der Waals surface area contributed by atoms with Crippen LogP contribution in [0.5, 0.6) is 17.6 Å². The Morgan fingerprint density at radius 1 is 0.897 bits per heavy atom. The lowest BCUT2D eigenvalue weighted by Crippen LogP contribution is -2.29. The molecule has 0 radical (unpaired) electrons. The van der Waals surface area contributed by atoms with Crippen LogP contribution < -0.4 is 9.64 Å². The molecule has 0 atom stereocenters. The zero-order valence-corrected chi connectivity index (χ0v) is 21.4. The number of hydrogen-bond donors (Lipinski definition) is 2. The van der Waals surface area contributed by atoms with Crippen LogP contribution in [-0.2, 0) is 6.61 Å². The normalized spacial score (nSPS) is 13.6. The maximum absolute atomic E-state index is 14.4. The molecule has 0 spiro atoms. The number of ether oxygens (including phenoxy) is 1. The lowest BCUT2D eigenvalue weighted by Gasteiger charge is -2.28. The standard InChI is InChI=1S/C29H27FN6O3/c1-18-21-16-22(25-31-27(37)24(28(38)32-25)35-14-8-3-9-15-35)29(39-17-19-10-6-7-13-23(19)30)33-26(21)36(34-18)20-11-4-2-5-12-20/h2,4-7,10-13,16H,3,8-9,14-15,17H2,1H3,(H2,31,32,37,38). The predicted octanol–water partition coefficient (Wildman–Crippen LogP) is 5.31. The number of rotatable bonds is 6. The van der Waals surface area contributed by atoms with Crippen molar-refractivity contribution in [3.8, 4) is 34.7 Å². The Kier molecular flexibility index (Phi) is 6.44. The molecule has 9 nitrogen and oxygen atoms in total. The summed E-state index contributed by atoms with van der Waals surface area (Å²) in [6.07, 6.45) is 3.02. The first-order chi connectivity index (χ1) is 19.0. The molecule has 0 saturated carbocycles. The number of piperidine rings is 1. The highest BCUT2D eigenvalue weighted by atomic mass is 19.1. The van der Waals surface area contributed by atoms with Gasteiger partial charge in [-0.25, -0.2) is 9.07 Å². The summed E-state index contributed by atoms with van der Waals surface area (Å²) in [6, 6.07) is 17.7. The molecule has 1 aliphatic rings. The molecule has 0 unspecified atom stereocenters. The van der Waals surface area contributed by atoms with Crippen molar-refractivity contribution >= 4 is 16.7 Å². The van der Waals surface area contributed by atoms with Gasteiger partial charge in [0.15, 0.2) is 17.2 Å². The Labute approximate surface area is 224 Å². The van der Waals surface area contributed by atoms with Crippen LogP contribution in [0.3, 0.4) is 0 Å². The van der Waals surface area contributed by atoms with Gasteiger partial charge in [0.05, 0.1) is 16.9 Å². The van der Waals surface area contributed by atoms with Crippen molar-refractivity contribution in [3.05, 3.63) is 77.7 Å². The number of nitrogens with zero attached hydrogens (tertiary/aromatic N) is 6. The number of pyridine rings is 1. The molecule has 2 N–H and O–H groups in total. The summed E-state index contributed by atoms with van der Waals surface area (Å²) in [5.41, 5.74) is 2.96. The fourth-order valence-electron chi connectivity index (χ4n) is 4.90. The van der Waals surface area contributed by atoms with Gasteiger partial charge in [-0.05, 0) is 50.5 Å². The summed E-state index contributed by atoms with van der Waals surface area (Å²) in [7, 11) is 0. The molecule has 198 valence electrons. The maximum Gasteiger partial charge on any atom is 0.242 e. The van der Waals surface area contributed by atoms with Crippen LogP contribution in [-0.4, -0.2) is 48.0 Å². The van der Waals surface area contributed by atoms with E-state index >= 15 is 0 Å². The lowest BCUT2D eigenvalue weighted by atomic mass is 10.1. The SMILES string of the molecule is Cc1nn(-c2ccccc2)c2nc(OCc3ccccc3F)c(-c3nc(O)c(N4CCCCC4)c(O)n3)cc12. The van der Waals surface area contributed by atoms with E-state index < -0.39 is 5.82 Å². The van der Waals surface area contributed by atoms with Crippen LogP contribution in [0.25, 0.3) is 28.1 Å². The molecule has 2 aromatic carbocycles. The molecule has 1 fully saturated rings. The van der Waals surface area contributed by atoms with Gasteiger partial charge in [-0.1, -0.05) is 36.4 Å². The van der Waals surface area contributed by atoms with Gasteiger partial charge in [-0.2, -0.15) is 20.1 Å². The molecule has 0 bridgehead atoms. The van der Waals surface area contributed by atoms with Crippen molar-refractivity contribution in [1.82, 2.24) is 24.7 Å². The zero-order chi connectivity index (χ0) is 26.9. The highest BCUT2D eigenvalue weighted by molar-refractivity contribution is 5.86. The Morgan fingerprint density at radius 3 is 2.31 bits per heavy atom. The van der Waals surface area contributed by atoms with E-state index in [9.17, 15) is 14.6 Å². The Hall–Kier alpha value is -4.73. The van der Waals surface area contributed by atoms with Crippen LogP contribution in [0.1, 0.15) is 30.5 Å². The molecule has 5 aromatic rings. The van der Waals surface area contributed by atoms with Gasteiger partial charge < -0.3 is 19.8 Å². The Morgan fingerprint density at radius 2 is 1.59 bits per heavy atom. The highest BCUT2D eigenvalue weighted by Crippen LogP contribution is 2.39. The van der Waals surface area contributed by atoms with Gasteiger partial charge >= 0.3 is 0 Å². The minimum atomic E-state index is -0.400. The molecule has 0 amide bonds. The summed E-state index contributed by atoms with van der Waals surface area (Å²) in [6.45, 7) is 3.17. The van der Waals surface area contributed by atoms with E-state index in [0.717, 1.165) is 30.3 Å². The number of hydrogen-bond acceptors (Lipinski definition) is 8. The van der Waals surface area contributed by atoms with Crippen molar-refractivity contribution < 1.29 is 19.3 Å². The fraction of sp³-hybridized carbons (Fsp3) is 0.241. The summed E-state index contributed by atoms with van der Waals surface area (Å²) < 4.78 is 22.1. The molecule has 10 heteroatoms. The van der Waals surface area contributed by atoms with E-state index in [-0.39, 0.29) is 35.8 Å². The van der Waals surface area contributed by atoms with Crippen LogP contribution in [0.2, 0.25) is 0 Å². The number of aryl methyl sites for hydroxylation is 1. The van der Waals surface area contributed by atoms with Gasteiger partial charge in [-0.15, -0.1) is 0 Å². The molecule has 4 heterocycles. The van der Waals surface area contributed by atoms with Crippen molar-refractivity contribution in [3.63, 3.8) is 0 Å². The molecule has 1 aliphatic heterocycles. The van der Waals surface area contributed by atoms with E-state index in [1.54, 1.807) is 28.9 Å². The average molecular weight is 527 g/mol. The first-order valence-electron chi connectivity index (χ1n) is 12.9. The average Bonchev–Trinajstić information content (AvgIpc) is 3.28. The molecule has 3 aromatic heterocycles. The monoisotopic (exact) mass is 526 g/mol. The van der Waals surface area contributed by atoms with Crippen molar-refractivity contribution in [2.45, 2.75) is 32.8 Å². The molecular weight excluding hydrogens is 499 g/mol. The topological polar surface area (TPSA) is 109 Å². The second kappa shape index (κ2) is 10.2. The minimum Gasteiger partial charge on any atom is -0.492 e. The molecule has 1 saturated heterocycles. The van der Waals surface area contributed by atoms with Crippen molar-refractivity contribution in [2.24, 2.45) is 0 Å². The van der Waals surface area contributed by atoms with E-state index in [2.05, 4.69) is 15.1 Å². The van der Waals surface area contributed by atoms with Crippen LogP contribution in [0.4, 0.5) is 10.1 Å². The number of anilines is 1. The summed E-state index contributed by atoms with van der Waals surface area (Å²) in [5.74, 6) is -0.891. The number of fused-ring (bicyclic) bond motifs is 1. The largest absolute Gasteiger partial charge is 0.492 e. The molecule has 0 aliphatic carbocycles.